The van der Waals surface area contributed by atoms with Gasteiger partial charge in [-0.1, -0.05) is 12.1 Å². The van der Waals surface area contributed by atoms with Crippen molar-refractivity contribution in [2.45, 2.75) is 11.8 Å². The van der Waals surface area contributed by atoms with E-state index in [1.165, 1.54) is 36.5 Å². The minimum atomic E-state index is -3.85. The molecule has 1 aromatic heterocycles. The van der Waals surface area contributed by atoms with E-state index in [0.29, 0.717) is 12.4 Å². The SMILES string of the molecule is CCNc1cc(S(=O)(=O)Nc2ccccc2F)ccn1. The second-order valence-electron chi connectivity index (χ2n) is 3.99. The standard InChI is InChI=1S/C13H14FN3O2S/c1-2-15-13-9-10(7-8-16-13)20(18,19)17-12-6-4-3-5-11(12)14/h3-9,17H,2H2,1H3,(H,15,16). The molecule has 20 heavy (non-hydrogen) atoms. The zero-order valence-electron chi connectivity index (χ0n) is 10.8. The Hall–Kier alpha value is -2.15. The molecule has 0 amide bonds. The van der Waals surface area contributed by atoms with E-state index >= 15 is 0 Å². The third-order valence-electron chi connectivity index (χ3n) is 2.52. The highest BCUT2D eigenvalue weighted by molar-refractivity contribution is 7.92. The highest BCUT2D eigenvalue weighted by Crippen LogP contribution is 2.19. The third-order valence-corrected chi connectivity index (χ3v) is 3.88. The molecule has 0 aliphatic rings. The monoisotopic (exact) mass is 295 g/mol. The van der Waals surface area contributed by atoms with Crippen LogP contribution in [0.25, 0.3) is 0 Å². The Kier molecular flexibility index (Phi) is 4.19. The summed E-state index contributed by atoms with van der Waals surface area (Å²) in [4.78, 5) is 4.01. The van der Waals surface area contributed by atoms with Crippen LogP contribution in [0.2, 0.25) is 0 Å². The van der Waals surface area contributed by atoms with Crippen LogP contribution in [0.3, 0.4) is 0 Å². The number of benzene rings is 1. The van der Waals surface area contributed by atoms with Crippen LogP contribution < -0.4 is 10.0 Å². The number of anilines is 2. The molecule has 5 nitrogen and oxygen atoms in total. The number of halogens is 1. The number of aromatic nitrogens is 1. The molecular weight excluding hydrogens is 281 g/mol. The molecule has 0 spiro atoms. The Morgan fingerprint density at radius 1 is 1.25 bits per heavy atom. The van der Waals surface area contributed by atoms with Gasteiger partial charge in [0.15, 0.2) is 0 Å². The number of rotatable bonds is 5. The van der Waals surface area contributed by atoms with Crippen LogP contribution in [0.4, 0.5) is 15.9 Å². The molecule has 7 heteroatoms. The van der Waals surface area contributed by atoms with Crippen molar-refractivity contribution < 1.29 is 12.8 Å². The molecule has 0 bridgehead atoms. The first kappa shape index (κ1) is 14.3. The van der Waals surface area contributed by atoms with Gasteiger partial charge in [-0.3, -0.25) is 4.72 Å². The fraction of sp³-hybridized carbons (Fsp3) is 0.154. The predicted octanol–water partition coefficient (Wildman–Crippen LogP) is 2.45. The first-order valence-corrected chi connectivity index (χ1v) is 7.48. The van der Waals surface area contributed by atoms with Crippen LogP contribution in [-0.2, 0) is 10.0 Å². The molecule has 0 unspecified atom stereocenters. The van der Waals surface area contributed by atoms with Gasteiger partial charge in [0.1, 0.15) is 11.6 Å². The quantitative estimate of drug-likeness (QED) is 0.889. The van der Waals surface area contributed by atoms with Crippen molar-refractivity contribution >= 4 is 21.5 Å². The van der Waals surface area contributed by atoms with Gasteiger partial charge in [-0.25, -0.2) is 17.8 Å². The van der Waals surface area contributed by atoms with Gasteiger partial charge in [-0.05, 0) is 25.1 Å². The van der Waals surface area contributed by atoms with E-state index < -0.39 is 15.8 Å². The smallest absolute Gasteiger partial charge is 0.262 e. The van der Waals surface area contributed by atoms with Crippen molar-refractivity contribution in [2.75, 3.05) is 16.6 Å². The minimum absolute atomic E-state index is 0.0201. The van der Waals surface area contributed by atoms with Gasteiger partial charge >= 0.3 is 0 Å². The summed E-state index contributed by atoms with van der Waals surface area (Å²) in [5.74, 6) is -0.180. The Balaban J connectivity index is 2.31. The molecule has 0 saturated heterocycles. The van der Waals surface area contributed by atoms with Crippen molar-refractivity contribution in [3.63, 3.8) is 0 Å². The molecule has 106 valence electrons. The van der Waals surface area contributed by atoms with Crippen LogP contribution in [0.1, 0.15) is 6.92 Å². The lowest BCUT2D eigenvalue weighted by molar-refractivity contribution is 0.598. The number of hydrogen-bond donors (Lipinski definition) is 2. The topological polar surface area (TPSA) is 71.1 Å². The van der Waals surface area contributed by atoms with Crippen molar-refractivity contribution in [1.82, 2.24) is 4.98 Å². The number of sulfonamides is 1. The predicted molar refractivity (Wildman–Crippen MR) is 75.6 cm³/mol. The number of hydrogen-bond acceptors (Lipinski definition) is 4. The second-order valence-corrected chi connectivity index (χ2v) is 5.67. The van der Waals surface area contributed by atoms with E-state index in [9.17, 15) is 12.8 Å². The average Bonchev–Trinajstić information content (AvgIpc) is 2.42. The molecule has 2 rings (SSSR count). The highest BCUT2D eigenvalue weighted by Gasteiger charge is 2.16. The molecule has 0 aliphatic carbocycles. The Morgan fingerprint density at radius 3 is 2.70 bits per heavy atom. The maximum absolute atomic E-state index is 13.5. The first-order chi connectivity index (χ1) is 9.53. The van der Waals surface area contributed by atoms with Gasteiger partial charge in [0, 0.05) is 18.8 Å². The van der Waals surface area contributed by atoms with E-state index in [0.717, 1.165) is 0 Å². The van der Waals surface area contributed by atoms with E-state index in [1.807, 2.05) is 6.92 Å². The van der Waals surface area contributed by atoms with Crippen molar-refractivity contribution in [3.8, 4) is 0 Å². The van der Waals surface area contributed by atoms with Gasteiger partial charge in [0.2, 0.25) is 0 Å². The number of nitrogens with one attached hydrogen (secondary N) is 2. The number of para-hydroxylation sites is 1. The normalized spacial score (nSPS) is 11.1. The number of nitrogens with zero attached hydrogens (tertiary/aromatic N) is 1. The van der Waals surface area contributed by atoms with E-state index in [-0.39, 0.29) is 10.6 Å². The Morgan fingerprint density at radius 2 is 2.00 bits per heavy atom. The summed E-state index contributed by atoms with van der Waals surface area (Å²) in [5, 5.41) is 2.92. The fourth-order valence-corrected chi connectivity index (χ4v) is 2.68. The maximum atomic E-state index is 13.5. The molecule has 0 atom stereocenters. The zero-order valence-corrected chi connectivity index (χ0v) is 11.6. The summed E-state index contributed by atoms with van der Waals surface area (Å²) in [5.41, 5.74) is -0.0886. The largest absolute Gasteiger partial charge is 0.370 e. The summed E-state index contributed by atoms with van der Waals surface area (Å²) in [6, 6.07) is 8.34. The molecule has 0 aliphatic heterocycles. The first-order valence-electron chi connectivity index (χ1n) is 6.00. The van der Waals surface area contributed by atoms with Gasteiger partial charge < -0.3 is 5.32 Å². The van der Waals surface area contributed by atoms with Gasteiger partial charge in [-0.15, -0.1) is 0 Å². The van der Waals surface area contributed by atoms with Crippen molar-refractivity contribution in [1.29, 1.82) is 0 Å². The number of pyridine rings is 1. The lowest BCUT2D eigenvalue weighted by Gasteiger charge is -2.10. The highest BCUT2D eigenvalue weighted by atomic mass is 32.2. The molecule has 0 radical (unpaired) electrons. The lowest BCUT2D eigenvalue weighted by atomic mass is 10.3. The maximum Gasteiger partial charge on any atom is 0.262 e. The van der Waals surface area contributed by atoms with Crippen LogP contribution in [0.15, 0.2) is 47.5 Å². The van der Waals surface area contributed by atoms with Crippen LogP contribution >= 0.6 is 0 Å². The van der Waals surface area contributed by atoms with Gasteiger partial charge in [-0.2, -0.15) is 0 Å². The molecule has 2 aromatic rings. The Labute approximate surface area is 116 Å². The van der Waals surface area contributed by atoms with E-state index in [4.69, 9.17) is 0 Å². The van der Waals surface area contributed by atoms with Crippen molar-refractivity contribution in [2.24, 2.45) is 0 Å². The summed E-state index contributed by atoms with van der Waals surface area (Å²) in [7, 11) is -3.85. The molecule has 2 N–H and O–H groups in total. The molecule has 0 fully saturated rings. The molecule has 0 saturated carbocycles. The van der Waals surface area contributed by atoms with E-state index in [1.54, 1.807) is 6.07 Å². The summed E-state index contributed by atoms with van der Waals surface area (Å²) < 4.78 is 40.1. The van der Waals surface area contributed by atoms with E-state index in [2.05, 4.69) is 15.0 Å². The van der Waals surface area contributed by atoms with Crippen LogP contribution in [0, 0.1) is 5.82 Å². The van der Waals surface area contributed by atoms with Crippen molar-refractivity contribution in [3.05, 3.63) is 48.4 Å². The fourth-order valence-electron chi connectivity index (χ4n) is 1.60. The summed E-state index contributed by atoms with van der Waals surface area (Å²) in [6.07, 6.45) is 1.38. The molecule has 1 aromatic carbocycles. The van der Waals surface area contributed by atoms with Gasteiger partial charge in [0.05, 0.1) is 10.6 Å². The summed E-state index contributed by atoms with van der Waals surface area (Å²) >= 11 is 0. The second kappa shape index (κ2) is 5.87. The molecular formula is C13H14FN3O2S. The molecule has 1 heterocycles. The van der Waals surface area contributed by atoms with Crippen LogP contribution in [-0.4, -0.2) is 19.9 Å². The lowest BCUT2D eigenvalue weighted by Crippen LogP contribution is -2.14. The average molecular weight is 295 g/mol. The van der Waals surface area contributed by atoms with Gasteiger partial charge in [0.25, 0.3) is 10.0 Å². The Bertz CT molecular complexity index is 704. The minimum Gasteiger partial charge on any atom is -0.370 e. The summed E-state index contributed by atoms with van der Waals surface area (Å²) in [6.45, 7) is 2.50. The zero-order chi connectivity index (χ0) is 14.6. The third kappa shape index (κ3) is 3.24. The van der Waals surface area contributed by atoms with Crippen LogP contribution in [0.5, 0.6) is 0 Å².